The maximum Gasteiger partial charge on any atom is -0.0429 e. The molecule has 0 atom stereocenters. The lowest BCUT2D eigenvalue weighted by molar-refractivity contribution is 2.14. The van der Waals surface area contributed by atoms with Crippen molar-refractivity contribution in [2.45, 2.75) is 21.8 Å². The van der Waals surface area contributed by atoms with Crippen LogP contribution in [0, 0.1) is 0 Å². The van der Waals surface area contributed by atoms with Crippen LogP contribution in [-0.4, -0.2) is 5.80 Å². The highest BCUT2D eigenvalue weighted by Crippen LogP contribution is 1.41. The van der Waals surface area contributed by atoms with Gasteiger partial charge in [-0.25, -0.2) is 0 Å². The summed E-state index contributed by atoms with van der Waals surface area (Å²) in [6.07, 6.45) is 0. The van der Waals surface area contributed by atoms with E-state index in [9.17, 15) is 0 Å². The second-order valence-electron chi connectivity index (χ2n) is 0.289. The summed E-state index contributed by atoms with van der Waals surface area (Å²) in [6, 6.07) is 0. The molecule has 0 fully saturated rings. The Labute approximate surface area is 37.4 Å². The first-order chi connectivity index (χ1) is 1.41. The molecule has 0 aromatic rings. The van der Waals surface area contributed by atoms with E-state index in [-0.39, 0.29) is 14.9 Å². The molecule has 0 aliphatic rings. The second kappa shape index (κ2) is 30.6. The lowest BCUT2D eigenvalue weighted by Gasteiger charge is -1.29. The van der Waals surface area contributed by atoms with Crippen LogP contribution in [0.2, 0.25) is 0 Å². The Hall–Kier alpha value is 0.170. The van der Waals surface area contributed by atoms with E-state index in [1.54, 1.807) is 5.80 Å². The molecule has 0 bridgehead atoms. The highest BCUT2D eigenvalue weighted by molar-refractivity contribution is 7.18. The van der Waals surface area contributed by atoms with E-state index < -0.39 is 0 Å². The van der Waals surface area contributed by atoms with Crippen molar-refractivity contribution >= 4 is 14.7 Å². The minimum Gasteiger partial charge on any atom is -0.127 e. The zero-order valence-corrected chi connectivity index (χ0v) is 3.08. The molecule has 0 rings (SSSR count). The zero-order valence-electron chi connectivity index (χ0n) is 2.08. The van der Waals surface area contributed by atoms with Crippen LogP contribution in [-0.2, 0) is 0 Å². The molecule has 0 amide bonds. The van der Waals surface area contributed by atoms with Crippen LogP contribution in [0.4, 0.5) is 0 Å². The van der Waals surface area contributed by atoms with Crippen molar-refractivity contribution in [1.82, 2.24) is 0 Å². The van der Waals surface area contributed by atoms with Crippen molar-refractivity contribution in [2.75, 3.05) is 0 Å². The van der Waals surface area contributed by atoms with E-state index in [2.05, 4.69) is 8.86 Å². The van der Waals surface area contributed by atoms with Gasteiger partial charge in [0.2, 0.25) is 0 Å². The van der Waals surface area contributed by atoms with Crippen LogP contribution in [0.3, 0.4) is 0 Å². The van der Waals surface area contributed by atoms with Gasteiger partial charge in [0.25, 0.3) is 0 Å². The van der Waals surface area contributed by atoms with E-state index in [0.717, 1.165) is 0 Å². The molecule has 34 valence electrons. The Morgan fingerprint density at radius 2 is 1.40 bits per heavy atom. The smallest absolute Gasteiger partial charge is 0.0429 e. The van der Waals surface area contributed by atoms with Crippen LogP contribution in [0.15, 0.2) is 0 Å². The van der Waals surface area contributed by atoms with Gasteiger partial charge < -0.3 is 0 Å². The van der Waals surface area contributed by atoms with Gasteiger partial charge in [0.05, 0.1) is 0 Å². The van der Waals surface area contributed by atoms with Gasteiger partial charge in [0.1, 0.15) is 0 Å². The summed E-state index contributed by atoms with van der Waals surface area (Å²) in [6.45, 7) is 1.91. The normalized spacial score (nSPS) is 2.60. The maximum absolute atomic E-state index is 3.06. The monoisotopic (exact) mass is 92.1 g/mol. The number of hydrogen-bond donors (Lipinski definition) is 0. The lowest BCUT2D eigenvalue weighted by atomic mass is 11.0. The van der Waals surface area contributed by atoms with Gasteiger partial charge in [-0.05, 0) is 6.92 Å². The van der Waals surface area contributed by atoms with Gasteiger partial charge in [-0.1, -0.05) is 20.6 Å². The highest BCUT2D eigenvalue weighted by atomic mass is 31.0. The maximum atomic E-state index is 3.06. The van der Waals surface area contributed by atoms with Gasteiger partial charge in [-0.2, -0.15) is 0 Å². The molecule has 0 aromatic heterocycles. The molecule has 0 spiro atoms. The fourth-order valence-corrected chi connectivity index (χ4v) is 0. The van der Waals surface area contributed by atoms with Crippen molar-refractivity contribution in [3.05, 3.63) is 0 Å². The minimum absolute atomic E-state index is 0. The third-order valence-corrected chi connectivity index (χ3v) is 0. The van der Waals surface area contributed by atoms with Crippen LogP contribution < -0.4 is 0 Å². The molecular formula is C4H13P. The Kier molecular flexibility index (Phi) is 117. The quantitative estimate of drug-likeness (QED) is 0.402. The largest absolute Gasteiger partial charge is 0.127 e. The Morgan fingerprint density at radius 1 is 1.40 bits per heavy atom. The summed E-state index contributed by atoms with van der Waals surface area (Å²) in [5.41, 5.74) is 0. The van der Waals surface area contributed by atoms with E-state index in [0.29, 0.717) is 0 Å². The summed E-state index contributed by atoms with van der Waals surface area (Å²) in [4.78, 5) is 0. The lowest BCUT2D eigenvalue weighted by Crippen LogP contribution is -1.24. The van der Waals surface area contributed by atoms with Crippen LogP contribution >= 0.6 is 8.86 Å². The molecule has 0 aliphatic carbocycles. The molecule has 5 heavy (non-hydrogen) atoms. The van der Waals surface area contributed by atoms with Crippen molar-refractivity contribution in [3.63, 3.8) is 0 Å². The van der Waals surface area contributed by atoms with Gasteiger partial charge in [-0.15, -0.1) is 8.86 Å². The Bertz CT molecular complexity index is 11.1. The SMILES string of the molecule is C.C.CC=P. The fourth-order valence-electron chi connectivity index (χ4n) is 0. The fraction of sp³-hybridized carbons (Fsp3) is 0.750. The number of hydrogen-bond acceptors (Lipinski definition) is 0. The van der Waals surface area contributed by atoms with E-state index in [1.807, 2.05) is 6.92 Å². The predicted molar refractivity (Wildman–Crippen MR) is 33.5 cm³/mol. The van der Waals surface area contributed by atoms with Crippen LogP contribution in [0.25, 0.3) is 0 Å². The van der Waals surface area contributed by atoms with E-state index in [4.69, 9.17) is 0 Å². The minimum atomic E-state index is 0. The molecule has 0 radical (unpaired) electrons. The average Bonchev–Trinajstić information content (AvgIpc) is 0.918. The molecule has 0 heterocycles. The molecular weight excluding hydrogens is 79.0 g/mol. The summed E-state index contributed by atoms with van der Waals surface area (Å²) < 4.78 is 0. The molecule has 0 aromatic carbocycles. The van der Waals surface area contributed by atoms with Crippen molar-refractivity contribution in [3.8, 4) is 0 Å². The third kappa shape index (κ3) is 679. The first kappa shape index (κ1) is 19.1. The van der Waals surface area contributed by atoms with Crippen LogP contribution in [0.5, 0.6) is 0 Å². The van der Waals surface area contributed by atoms with Gasteiger partial charge in [0.15, 0.2) is 0 Å². The first-order valence-electron chi connectivity index (χ1n) is 0.866. The second-order valence-corrected chi connectivity index (χ2v) is 0.866. The van der Waals surface area contributed by atoms with Crippen molar-refractivity contribution < 1.29 is 0 Å². The van der Waals surface area contributed by atoms with Gasteiger partial charge in [-0.3, -0.25) is 0 Å². The summed E-state index contributed by atoms with van der Waals surface area (Å²) >= 11 is 0. The Morgan fingerprint density at radius 3 is 1.40 bits per heavy atom. The molecule has 0 N–H and O–H groups in total. The standard InChI is InChI=1S/C2H5P.2CH4/c1-2-3;;/h2-3H,1H3;2*1H4. The van der Waals surface area contributed by atoms with Gasteiger partial charge in [0, 0.05) is 0 Å². The Balaban J connectivity index is -0.0000000200. The summed E-state index contributed by atoms with van der Waals surface area (Å²) in [5.74, 6) is 1.81. The zero-order chi connectivity index (χ0) is 2.71. The van der Waals surface area contributed by atoms with Gasteiger partial charge >= 0.3 is 0 Å². The molecule has 0 saturated carbocycles. The first-order valence-corrected chi connectivity index (χ1v) is 1.44. The molecule has 0 unspecified atom stereocenters. The average molecular weight is 92.1 g/mol. The molecule has 1 heteroatoms. The van der Waals surface area contributed by atoms with E-state index >= 15 is 0 Å². The van der Waals surface area contributed by atoms with Crippen molar-refractivity contribution in [2.24, 2.45) is 0 Å². The molecule has 0 saturated heterocycles. The number of rotatable bonds is 0. The molecule has 0 nitrogen and oxygen atoms in total. The van der Waals surface area contributed by atoms with Crippen molar-refractivity contribution in [1.29, 1.82) is 0 Å². The summed E-state index contributed by atoms with van der Waals surface area (Å²) in [5, 5.41) is 0. The molecule has 0 aliphatic heterocycles. The highest BCUT2D eigenvalue weighted by Gasteiger charge is 1.16. The summed E-state index contributed by atoms with van der Waals surface area (Å²) in [7, 11) is 3.06. The topological polar surface area (TPSA) is 0 Å². The third-order valence-electron chi connectivity index (χ3n) is 0. The van der Waals surface area contributed by atoms with E-state index in [1.165, 1.54) is 0 Å². The predicted octanol–water partition coefficient (Wildman–Crippen LogP) is 2.22. The van der Waals surface area contributed by atoms with Crippen LogP contribution in [0.1, 0.15) is 21.8 Å².